The molecule has 8 heteroatoms. The van der Waals surface area contributed by atoms with Gasteiger partial charge in [0.05, 0.1) is 5.52 Å². The number of amides is 2. The lowest BCUT2D eigenvalue weighted by atomic mass is 10.2. The van der Waals surface area contributed by atoms with Gasteiger partial charge in [0.25, 0.3) is 5.91 Å². The summed E-state index contributed by atoms with van der Waals surface area (Å²) in [6, 6.07) is 5.84. The zero-order chi connectivity index (χ0) is 15.6. The standard InChI is InChI=1S/C13H14N4O4/c1-7(13(20)21)15-10(18)6-17-9-5-3-2-4-8(9)11(16-17)12(14)19/h2-5,7H,6H2,1H3,(H2,14,19)(H,15,18)(H,20,21)/t7-/m0/s1. The topological polar surface area (TPSA) is 127 Å². The van der Waals surface area contributed by atoms with Crippen LogP contribution in [0, 0.1) is 0 Å². The number of carbonyl (C=O) groups excluding carboxylic acids is 2. The van der Waals surface area contributed by atoms with Crippen LogP contribution in [0.2, 0.25) is 0 Å². The van der Waals surface area contributed by atoms with Crippen molar-refractivity contribution in [2.45, 2.75) is 19.5 Å². The van der Waals surface area contributed by atoms with Crippen LogP contribution in [0.15, 0.2) is 24.3 Å². The van der Waals surface area contributed by atoms with Crippen LogP contribution in [-0.2, 0) is 16.1 Å². The average molecular weight is 290 g/mol. The molecule has 0 unspecified atom stereocenters. The third-order valence-corrected chi connectivity index (χ3v) is 2.93. The molecule has 1 heterocycles. The van der Waals surface area contributed by atoms with Crippen LogP contribution >= 0.6 is 0 Å². The molecule has 8 nitrogen and oxygen atoms in total. The molecule has 0 saturated heterocycles. The molecule has 2 aromatic rings. The number of carboxylic acid groups (broad SMARTS) is 1. The summed E-state index contributed by atoms with van der Waals surface area (Å²) in [6.07, 6.45) is 0. The van der Waals surface area contributed by atoms with Gasteiger partial charge in [-0.2, -0.15) is 5.10 Å². The maximum Gasteiger partial charge on any atom is 0.325 e. The first-order valence-electron chi connectivity index (χ1n) is 6.17. The van der Waals surface area contributed by atoms with E-state index in [-0.39, 0.29) is 12.2 Å². The van der Waals surface area contributed by atoms with E-state index >= 15 is 0 Å². The number of fused-ring (bicyclic) bond motifs is 1. The van der Waals surface area contributed by atoms with Gasteiger partial charge >= 0.3 is 5.97 Å². The van der Waals surface area contributed by atoms with Crippen molar-refractivity contribution in [2.24, 2.45) is 5.73 Å². The summed E-state index contributed by atoms with van der Waals surface area (Å²) in [5.41, 5.74) is 5.90. The smallest absolute Gasteiger partial charge is 0.325 e. The van der Waals surface area contributed by atoms with Gasteiger partial charge < -0.3 is 16.2 Å². The van der Waals surface area contributed by atoms with Crippen LogP contribution in [0.25, 0.3) is 10.9 Å². The SMILES string of the molecule is C[C@H](NC(=O)Cn1nc(C(N)=O)c2ccccc21)C(=O)O. The lowest BCUT2D eigenvalue weighted by molar-refractivity contribution is -0.141. The number of primary amides is 1. The van der Waals surface area contributed by atoms with Gasteiger partial charge in [-0.3, -0.25) is 19.1 Å². The molecule has 2 amide bonds. The molecule has 0 aliphatic carbocycles. The van der Waals surface area contributed by atoms with E-state index in [2.05, 4.69) is 10.4 Å². The van der Waals surface area contributed by atoms with Crippen LogP contribution in [-0.4, -0.2) is 38.7 Å². The van der Waals surface area contributed by atoms with E-state index in [0.29, 0.717) is 10.9 Å². The number of benzene rings is 1. The highest BCUT2D eigenvalue weighted by Crippen LogP contribution is 2.17. The predicted molar refractivity (Wildman–Crippen MR) is 73.5 cm³/mol. The molecule has 1 atom stereocenters. The molecule has 0 fully saturated rings. The average Bonchev–Trinajstić information content (AvgIpc) is 2.78. The van der Waals surface area contributed by atoms with Crippen molar-refractivity contribution in [3.63, 3.8) is 0 Å². The summed E-state index contributed by atoms with van der Waals surface area (Å²) in [5.74, 6) is -2.34. The number of nitrogens with two attached hydrogens (primary N) is 1. The quantitative estimate of drug-likeness (QED) is 0.698. The van der Waals surface area contributed by atoms with E-state index in [1.165, 1.54) is 11.6 Å². The molecule has 0 bridgehead atoms. The Morgan fingerprint density at radius 1 is 1.38 bits per heavy atom. The summed E-state index contributed by atoms with van der Waals surface area (Å²) < 4.78 is 1.32. The van der Waals surface area contributed by atoms with Crippen LogP contribution in [0.5, 0.6) is 0 Å². The zero-order valence-electron chi connectivity index (χ0n) is 11.2. The van der Waals surface area contributed by atoms with Gasteiger partial charge in [0.1, 0.15) is 12.6 Å². The molecular weight excluding hydrogens is 276 g/mol. The highest BCUT2D eigenvalue weighted by Gasteiger charge is 2.18. The summed E-state index contributed by atoms with van der Waals surface area (Å²) in [6.45, 7) is 1.15. The number of carboxylic acids is 1. The molecule has 110 valence electrons. The van der Waals surface area contributed by atoms with Gasteiger partial charge in [-0.1, -0.05) is 18.2 Å². The van der Waals surface area contributed by atoms with Gasteiger partial charge in [0, 0.05) is 5.39 Å². The summed E-state index contributed by atoms with van der Waals surface area (Å²) in [4.78, 5) is 33.8. The number of rotatable bonds is 5. The lowest BCUT2D eigenvalue weighted by Crippen LogP contribution is -2.40. The van der Waals surface area contributed by atoms with Crippen LogP contribution < -0.4 is 11.1 Å². The van der Waals surface area contributed by atoms with Crippen molar-refractivity contribution in [1.29, 1.82) is 0 Å². The van der Waals surface area contributed by atoms with Crippen LogP contribution in [0.4, 0.5) is 0 Å². The predicted octanol–water partition coefficient (Wildman–Crippen LogP) is -0.275. The fraction of sp³-hybridized carbons (Fsp3) is 0.231. The molecule has 0 aliphatic heterocycles. The molecule has 0 saturated carbocycles. The number of nitrogens with zero attached hydrogens (tertiary/aromatic N) is 2. The number of nitrogens with one attached hydrogen (secondary N) is 1. The van der Waals surface area contributed by atoms with Gasteiger partial charge in [-0.25, -0.2) is 0 Å². The van der Waals surface area contributed by atoms with Crippen molar-refractivity contribution in [2.75, 3.05) is 0 Å². The second kappa shape index (κ2) is 5.61. The highest BCUT2D eigenvalue weighted by atomic mass is 16.4. The Morgan fingerprint density at radius 2 is 2.05 bits per heavy atom. The Morgan fingerprint density at radius 3 is 2.67 bits per heavy atom. The van der Waals surface area contributed by atoms with Crippen molar-refractivity contribution in [1.82, 2.24) is 15.1 Å². The number of aromatic nitrogens is 2. The van der Waals surface area contributed by atoms with E-state index in [1.54, 1.807) is 24.3 Å². The molecule has 1 aromatic heterocycles. The molecule has 0 radical (unpaired) electrons. The fourth-order valence-corrected chi connectivity index (χ4v) is 1.91. The van der Waals surface area contributed by atoms with Crippen LogP contribution in [0.3, 0.4) is 0 Å². The number of para-hydroxylation sites is 1. The molecule has 4 N–H and O–H groups in total. The van der Waals surface area contributed by atoms with E-state index in [4.69, 9.17) is 10.8 Å². The Labute approximate surface area is 119 Å². The number of carbonyl (C=O) groups is 3. The van der Waals surface area contributed by atoms with Crippen LogP contribution in [0.1, 0.15) is 17.4 Å². The minimum Gasteiger partial charge on any atom is -0.480 e. The minimum absolute atomic E-state index is 0.0738. The Bertz CT molecular complexity index is 722. The number of aliphatic carboxylic acids is 1. The normalized spacial score (nSPS) is 12.0. The van der Waals surface area contributed by atoms with E-state index < -0.39 is 23.8 Å². The molecule has 0 aliphatic rings. The third kappa shape index (κ3) is 2.99. The second-order valence-corrected chi connectivity index (χ2v) is 4.52. The number of hydrogen-bond donors (Lipinski definition) is 3. The van der Waals surface area contributed by atoms with E-state index in [1.807, 2.05) is 0 Å². The maximum atomic E-state index is 11.8. The Balaban J connectivity index is 2.28. The van der Waals surface area contributed by atoms with E-state index in [0.717, 1.165) is 0 Å². The first-order chi connectivity index (χ1) is 9.90. The van der Waals surface area contributed by atoms with Gasteiger partial charge in [0.15, 0.2) is 5.69 Å². The summed E-state index contributed by atoms with van der Waals surface area (Å²) in [7, 11) is 0. The fourth-order valence-electron chi connectivity index (χ4n) is 1.91. The van der Waals surface area contributed by atoms with Gasteiger partial charge in [-0.15, -0.1) is 0 Å². The molecule has 2 rings (SSSR count). The maximum absolute atomic E-state index is 11.8. The monoisotopic (exact) mass is 290 g/mol. The summed E-state index contributed by atoms with van der Waals surface area (Å²) in [5, 5.41) is 15.6. The molecule has 0 spiro atoms. The summed E-state index contributed by atoms with van der Waals surface area (Å²) >= 11 is 0. The van der Waals surface area contributed by atoms with Crippen molar-refractivity contribution >= 4 is 28.7 Å². The Hall–Kier alpha value is -2.90. The first-order valence-corrected chi connectivity index (χ1v) is 6.17. The minimum atomic E-state index is -1.13. The van der Waals surface area contributed by atoms with Gasteiger partial charge in [0.2, 0.25) is 5.91 Å². The number of hydrogen-bond acceptors (Lipinski definition) is 4. The van der Waals surface area contributed by atoms with E-state index in [9.17, 15) is 14.4 Å². The Kier molecular flexibility index (Phi) is 3.88. The third-order valence-electron chi connectivity index (χ3n) is 2.93. The molecule has 1 aromatic carbocycles. The van der Waals surface area contributed by atoms with Gasteiger partial charge in [-0.05, 0) is 13.0 Å². The zero-order valence-corrected chi connectivity index (χ0v) is 11.2. The first kappa shape index (κ1) is 14.5. The molecule has 21 heavy (non-hydrogen) atoms. The lowest BCUT2D eigenvalue weighted by Gasteiger charge is -2.09. The van der Waals surface area contributed by atoms with Crippen molar-refractivity contribution in [3.05, 3.63) is 30.0 Å². The van der Waals surface area contributed by atoms with Crippen molar-refractivity contribution in [3.8, 4) is 0 Å². The van der Waals surface area contributed by atoms with Crippen molar-refractivity contribution < 1.29 is 19.5 Å². The molecular formula is C13H14N4O4. The largest absolute Gasteiger partial charge is 0.480 e. The highest BCUT2D eigenvalue weighted by molar-refractivity contribution is 6.04. The second-order valence-electron chi connectivity index (χ2n) is 4.52.